The van der Waals surface area contributed by atoms with Crippen molar-refractivity contribution in [1.29, 1.82) is 0 Å². The van der Waals surface area contributed by atoms with Crippen LogP contribution >= 0.6 is 11.6 Å². The van der Waals surface area contributed by atoms with Crippen LogP contribution in [-0.4, -0.2) is 21.1 Å². The van der Waals surface area contributed by atoms with Gasteiger partial charge in [-0.3, -0.25) is 9.89 Å². The Hall–Kier alpha value is -1.88. The van der Waals surface area contributed by atoms with Gasteiger partial charge in [0.1, 0.15) is 5.15 Å². The maximum atomic E-state index is 12.2. The van der Waals surface area contributed by atoms with Crippen LogP contribution < -0.4 is 5.32 Å². The van der Waals surface area contributed by atoms with Crippen molar-refractivity contribution in [2.45, 2.75) is 39.5 Å². The van der Waals surface area contributed by atoms with E-state index in [1.807, 2.05) is 13.0 Å². The highest BCUT2D eigenvalue weighted by Crippen LogP contribution is 2.22. The third-order valence-corrected chi connectivity index (χ3v) is 3.29. The number of hydrogen-bond donors (Lipinski definition) is 2. The molecule has 0 unspecified atom stereocenters. The molecule has 0 spiro atoms. The van der Waals surface area contributed by atoms with Crippen LogP contribution in [-0.2, 0) is 11.8 Å². The van der Waals surface area contributed by atoms with Crippen LogP contribution in [0.5, 0.6) is 0 Å². The van der Waals surface area contributed by atoms with Crippen molar-refractivity contribution in [3.8, 4) is 0 Å². The molecule has 0 saturated carbocycles. The molecule has 0 radical (unpaired) electrons. The molecule has 2 rings (SSSR count). The number of aryl methyl sites for hydroxylation is 1. The van der Waals surface area contributed by atoms with E-state index in [1.165, 1.54) is 0 Å². The zero-order valence-corrected chi connectivity index (χ0v) is 13.4. The number of H-pyrrole nitrogens is 1. The van der Waals surface area contributed by atoms with E-state index in [-0.39, 0.29) is 11.3 Å². The van der Waals surface area contributed by atoms with Crippen molar-refractivity contribution < 1.29 is 4.79 Å². The molecule has 0 aliphatic carbocycles. The van der Waals surface area contributed by atoms with Crippen molar-refractivity contribution >= 4 is 23.3 Å². The SMILES string of the molecule is CCc1cc(C(=O)Nc2cc(C(C)(C)C)[nH]n2)cc(Cl)n1. The van der Waals surface area contributed by atoms with Gasteiger partial charge in [0.2, 0.25) is 0 Å². The molecule has 0 bridgehead atoms. The van der Waals surface area contributed by atoms with Gasteiger partial charge in [0.15, 0.2) is 5.82 Å². The van der Waals surface area contributed by atoms with Crippen molar-refractivity contribution in [2.24, 2.45) is 0 Å². The van der Waals surface area contributed by atoms with E-state index in [9.17, 15) is 4.79 Å². The minimum atomic E-state index is -0.249. The lowest BCUT2D eigenvalue weighted by Crippen LogP contribution is -2.13. The molecule has 5 nitrogen and oxygen atoms in total. The van der Waals surface area contributed by atoms with E-state index in [0.717, 1.165) is 17.8 Å². The highest BCUT2D eigenvalue weighted by atomic mass is 35.5. The molecular weight excluding hydrogens is 288 g/mol. The maximum absolute atomic E-state index is 12.2. The van der Waals surface area contributed by atoms with E-state index in [1.54, 1.807) is 12.1 Å². The van der Waals surface area contributed by atoms with Crippen LogP contribution in [0.25, 0.3) is 0 Å². The van der Waals surface area contributed by atoms with Crippen molar-refractivity contribution in [3.63, 3.8) is 0 Å². The van der Waals surface area contributed by atoms with Gasteiger partial charge in [0, 0.05) is 28.4 Å². The molecular formula is C15H19ClN4O. The number of aromatic nitrogens is 3. The summed E-state index contributed by atoms with van der Waals surface area (Å²) in [5, 5.41) is 10.1. The first-order valence-electron chi connectivity index (χ1n) is 6.83. The Bertz CT molecular complexity index is 658. The molecule has 0 aliphatic heterocycles. The van der Waals surface area contributed by atoms with Gasteiger partial charge in [-0.2, -0.15) is 5.10 Å². The quantitative estimate of drug-likeness (QED) is 0.852. The Balaban J connectivity index is 2.18. The highest BCUT2D eigenvalue weighted by Gasteiger charge is 2.18. The molecule has 21 heavy (non-hydrogen) atoms. The van der Waals surface area contributed by atoms with Crippen LogP contribution in [0.2, 0.25) is 5.15 Å². The first-order valence-corrected chi connectivity index (χ1v) is 7.21. The van der Waals surface area contributed by atoms with E-state index >= 15 is 0 Å². The smallest absolute Gasteiger partial charge is 0.257 e. The standard InChI is InChI=1S/C15H19ClN4O/c1-5-10-6-9(7-12(16)17-10)14(21)18-13-8-11(19-20-13)15(2,3)4/h6-8H,5H2,1-4H3,(H2,18,19,20,21). The Labute approximate surface area is 129 Å². The number of carbonyl (C=O) groups is 1. The van der Waals surface area contributed by atoms with Gasteiger partial charge in [-0.25, -0.2) is 4.98 Å². The topological polar surface area (TPSA) is 70.7 Å². The lowest BCUT2D eigenvalue weighted by molar-refractivity contribution is 0.102. The molecule has 0 saturated heterocycles. The lowest BCUT2D eigenvalue weighted by atomic mass is 9.92. The number of hydrogen-bond acceptors (Lipinski definition) is 3. The fraction of sp³-hybridized carbons (Fsp3) is 0.400. The average Bonchev–Trinajstić information content (AvgIpc) is 2.86. The number of aromatic amines is 1. The predicted molar refractivity (Wildman–Crippen MR) is 83.9 cm³/mol. The van der Waals surface area contributed by atoms with Crippen LogP contribution in [0.15, 0.2) is 18.2 Å². The average molecular weight is 307 g/mol. The van der Waals surface area contributed by atoms with E-state index < -0.39 is 0 Å². The largest absolute Gasteiger partial charge is 0.305 e. The normalized spacial score (nSPS) is 11.5. The molecule has 112 valence electrons. The van der Waals surface area contributed by atoms with Crippen LogP contribution in [0.4, 0.5) is 5.82 Å². The Morgan fingerprint density at radius 3 is 2.62 bits per heavy atom. The van der Waals surface area contributed by atoms with Crippen LogP contribution in [0.1, 0.15) is 49.4 Å². The molecule has 6 heteroatoms. The maximum Gasteiger partial charge on any atom is 0.257 e. The molecule has 2 heterocycles. The van der Waals surface area contributed by atoms with Crippen molar-refractivity contribution in [3.05, 3.63) is 40.3 Å². The Morgan fingerprint density at radius 1 is 1.33 bits per heavy atom. The summed E-state index contributed by atoms with van der Waals surface area (Å²) in [7, 11) is 0. The van der Waals surface area contributed by atoms with Crippen LogP contribution in [0.3, 0.4) is 0 Å². The molecule has 0 aliphatic rings. The molecule has 1 amide bonds. The minimum Gasteiger partial charge on any atom is -0.305 e. The zero-order valence-electron chi connectivity index (χ0n) is 12.6. The van der Waals surface area contributed by atoms with Crippen molar-refractivity contribution in [2.75, 3.05) is 5.32 Å². The number of carbonyl (C=O) groups excluding carboxylic acids is 1. The summed E-state index contributed by atoms with van der Waals surface area (Å²) in [6, 6.07) is 5.12. The third-order valence-electron chi connectivity index (χ3n) is 3.10. The third kappa shape index (κ3) is 3.82. The van der Waals surface area contributed by atoms with Crippen LogP contribution in [0, 0.1) is 0 Å². The summed E-state index contributed by atoms with van der Waals surface area (Å²) in [6.45, 7) is 8.18. The Morgan fingerprint density at radius 2 is 2.05 bits per heavy atom. The summed E-state index contributed by atoms with van der Waals surface area (Å²) in [4.78, 5) is 16.4. The zero-order chi connectivity index (χ0) is 15.6. The van der Waals surface area contributed by atoms with Crippen molar-refractivity contribution in [1.82, 2.24) is 15.2 Å². The number of halogens is 1. The summed E-state index contributed by atoms with van der Waals surface area (Å²) in [5.74, 6) is 0.247. The second-order valence-corrected chi connectivity index (χ2v) is 6.28. The molecule has 0 fully saturated rings. The molecule has 0 atom stereocenters. The van der Waals surface area contributed by atoms with E-state index in [4.69, 9.17) is 11.6 Å². The van der Waals surface area contributed by atoms with Gasteiger partial charge < -0.3 is 5.32 Å². The second kappa shape index (κ2) is 5.85. The summed E-state index contributed by atoms with van der Waals surface area (Å²) in [5.41, 5.74) is 2.17. The summed E-state index contributed by atoms with van der Waals surface area (Å²) in [6.07, 6.45) is 0.720. The number of nitrogens with one attached hydrogen (secondary N) is 2. The molecule has 2 aromatic heterocycles. The first kappa shape index (κ1) is 15.5. The van der Waals surface area contributed by atoms with E-state index in [0.29, 0.717) is 16.5 Å². The fourth-order valence-corrected chi connectivity index (χ4v) is 2.05. The predicted octanol–water partition coefficient (Wildman–Crippen LogP) is 3.57. The second-order valence-electron chi connectivity index (χ2n) is 5.89. The van der Waals surface area contributed by atoms with Gasteiger partial charge in [0.05, 0.1) is 0 Å². The number of amides is 1. The van der Waals surface area contributed by atoms with Gasteiger partial charge in [0.25, 0.3) is 5.91 Å². The number of anilines is 1. The van der Waals surface area contributed by atoms with Gasteiger partial charge >= 0.3 is 0 Å². The highest BCUT2D eigenvalue weighted by molar-refractivity contribution is 6.29. The number of pyridine rings is 1. The summed E-state index contributed by atoms with van der Waals surface area (Å²) >= 11 is 5.93. The molecule has 2 aromatic rings. The molecule has 2 N–H and O–H groups in total. The Kier molecular flexibility index (Phi) is 4.32. The monoisotopic (exact) mass is 306 g/mol. The first-order chi connectivity index (χ1) is 9.79. The fourth-order valence-electron chi connectivity index (χ4n) is 1.82. The molecule has 0 aromatic carbocycles. The lowest BCUT2D eigenvalue weighted by Gasteiger charge is -2.14. The van der Waals surface area contributed by atoms with Gasteiger partial charge in [-0.15, -0.1) is 0 Å². The number of nitrogens with zero attached hydrogens (tertiary/aromatic N) is 2. The van der Waals surface area contributed by atoms with Gasteiger partial charge in [-0.1, -0.05) is 39.3 Å². The van der Waals surface area contributed by atoms with E-state index in [2.05, 4.69) is 41.3 Å². The minimum absolute atomic E-state index is 0.0503. The summed E-state index contributed by atoms with van der Waals surface area (Å²) < 4.78 is 0. The van der Waals surface area contributed by atoms with Gasteiger partial charge in [-0.05, 0) is 18.6 Å². The number of rotatable bonds is 3.